The zero-order valence-electron chi connectivity index (χ0n) is 8.51. The number of hydrogen-bond acceptors (Lipinski definition) is 2. The van der Waals surface area contributed by atoms with Crippen molar-refractivity contribution in [3.63, 3.8) is 0 Å². The fourth-order valence-electron chi connectivity index (χ4n) is 2.28. The van der Waals surface area contributed by atoms with E-state index in [1.165, 1.54) is 32.1 Å². The lowest BCUT2D eigenvalue weighted by molar-refractivity contribution is 0.437. The first kappa shape index (κ1) is 9.26. The molecule has 14 heavy (non-hydrogen) atoms. The topological polar surface area (TPSA) is 52.5 Å². The van der Waals surface area contributed by atoms with Gasteiger partial charge in [-0.2, -0.15) is 5.26 Å². The standard InChI is InChI=1S/C11H15N3/c1-8-13-10(7-12)11(14-8)9-5-3-2-4-6-9/h9H,2-6H2,1H3,(H,13,14). The SMILES string of the molecule is Cc1nc(C#N)c(C2CCCCC2)[nH]1. The third-order valence-electron chi connectivity index (χ3n) is 2.97. The fourth-order valence-corrected chi connectivity index (χ4v) is 2.28. The summed E-state index contributed by atoms with van der Waals surface area (Å²) in [4.78, 5) is 7.42. The maximum absolute atomic E-state index is 8.93. The number of nitrogens with one attached hydrogen (secondary N) is 1. The van der Waals surface area contributed by atoms with Gasteiger partial charge in [0.15, 0.2) is 5.69 Å². The highest BCUT2D eigenvalue weighted by atomic mass is 14.9. The Balaban J connectivity index is 2.25. The molecule has 3 nitrogen and oxygen atoms in total. The molecule has 0 unspecified atom stereocenters. The molecule has 1 fully saturated rings. The van der Waals surface area contributed by atoms with Crippen LogP contribution in [0.1, 0.15) is 55.2 Å². The first-order valence-electron chi connectivity index (χ1n) is 5.28. The van der Waals surface area contributed by atoms with Crippen LogP contribution >= 0.6 is 0 Å². The number of hydrogen-bond donors (Lipinski definition) is 1. The number of rotatable bonds is 1. The van der Waals surface area contributed by atoms with Crippen LogP contribution in [0.3, 0.4) is 0 Å². The van der Waals surface area contributed by atoms with E-state index in [2.05, 4.69) is 16.0 Å². The number of nitriles is 1. The van der Waals surface area contributed by atoms with Gasteiger partial charge in [0.05, 0.1) is 5.69 Å². The first-order valence-corrected chi connectivity index (χ1v) is 5.28. The second-order valence-electron chi connectivity index (χ2n) is 4.03. The summed E-state index contributed by atoms with van der Waals surface area (Å²) in [5.74, 6) is 1.40. The summed E-state index contributed by atoms with van der Waals surface area (Å²) in [6, 6.07) is 2.17. The number of nitrogens with zero attached hydrogens (tertiary/aromatic N) is 2. The Morgan fingerprint density at radius 1 is 1.36 bits per heavy atom. The molecule has 0 bridgehead atoms. The van der Waals surface area contributed by atoms with Gasteiger partial charge in [0, 0.05) is 5.92 Å². The van der Waals surface area contributed by atoms with Crippen LogP contribution < -0.4 is 0 Å². The van der Waals surface area contributed by atoms with Crippen LogP contribution in [0.2, 0.25) is 0 Å². The predicted octanol–water partition coefficient (Wildman–Crippen LogP) is 2.64. The molecule has 1 saturated carbocycles. The van der Waals surface area contributed by atoms with Crippen molar-refractivity contribution in [3.8, 4) is 6.07 Å². The maximum Gasteiger partial charge on any atom is 0.162 e. The van der Waals surface area contributed by atoms with E-state index in [4.69, 9.17) is 5.26 Å². The van der Waals surface area contributed by atoms with Crippen molar-refractivity contribution in [1.82, 2.24) is 9.97 Å². The van der Waals surface area contributed by atoms with Gasteiger partial charge in [0.1, 0.15) is 11.9 Å². The maximum atomic E-state index is 8.93. The normalized spacial score (nSPS) is 18.0. The monoisotopic (exact) mass is 189 g/mol. The smallest absolute Gasteiger partial charge is 0.162 e. The quantitative estimate of drug-likeness (QED) is 0.738. The molecule has 1 heterocycles. The Hall–Kier alpha value is -1.30. The number of aromatic nitrogens is 2. The molecule has 0 aliphatic heterocycles. The van der Waals surface area contributed by atoms with Gasteiger partial charge >= 0.3 is 0 Å². The molecule has 0 amide bonds. The van der Waals surface area contributed by atoms with Crippen molar-refractivity contribution < 1.29 is 0 Å². The fraction of sp³-hybridized carbons (Fsp3) is 0.636. The molecule has 0 atom stereocenters. The van der Waals surface area contributed by atoms with E-state index in [1.807, 2.05) is 6.92 Å². The van der Waals surface area contributed by atoms with E-state index < -0.39 is 0 Å². The van der Waals surface area contributed by atoms with Crippen LogP contribution in [0, 0.1) is 18.3 Å². The van der Waals surface area contributed by atoms with E-state index in [1.54, 1.807) is 0 Å². The van der Waals surface area contributed by atoms with E-state index in [9.17, 15) is 0 Å². The van der Waals surface area contributed by atoms with Crippen LogP contribution in [0.15, 0.2) is 0 Å². The van der Waals surface area contributed by atoms with Crippen molar-refractivity contribution >= 4 is 0 Å². The number of aromatic amines is 1. The molecular formula is C11H15N3. The average molecular weight is 189 g/mol. The Kier molecular flexibility index (Phi) is 2.53. The molecule has 2 rings (SSSR count). The van der Waals surface area contributed by atoms with Crippen LogP contribution in [-0.4, -0.2) is 9.97 Å². The highest BCUT2D eigenvalue weighted by molar-refractivity contribution is 5.30. The molecule has 3 heteroatoms. The Morgan fingerprint density at radius 2 is 2.07 bits per heavy atom. The molecule has 0 saturated heterocycles. The lowest BCUT2D eigenvalue weighted by Crippen LogP contribution is -2.06. The number of aryl methyl sites for hydroxylation is 1. The number of H-pyrrole nitrogens is 1. The summed E-state index contributed by atoms with van der Waals surface area (Å²) >= 11 is 0. The average Bonchev–Trinajstić information content (AvgIpc) is 2.61. The van der Waals surface area contributed by atoms with Crippen molar-refractivity contribution in [2.24, 2.45) is 0 Å². The largest absolute Gasteiger partial charge is 0.345 e. The minimum Gasteiger partial charge on any atom is -0.345 e. The Labute approximate surface area is 84.2 Å². The van der Waals surface area contributed by atoms with Crippen molar-refractivity contribution in [2.75, 3.05) is 0 Å². The van der Waals surface area contributed by atoms with E-state index in [0.29, 0.717) is 11.6 Å². The van der Waals surface area contributed by atoms with Crippen LogP contribution in [0.4, 0.5) is 0 Å². The molecule has 0 aromatic carbocycles. The second kappa shape index (κ2) is 3.83. The molecule has 0 spiro atoms. The zero-order chi connectivity index (χ0) is 9.97. The lowest BCUT2D eigenvalue weighted by Gasteiger charge is -2.20. The first-order chi connectivity index (χ1) is 6.81. The van der Waals surface area contributed by atoms with Gasteiger partial charge in [-0.1, -0.05) is 19.3 Å². The van der Waals surface area contributed by atoms with Gasteiger partial charge in [-0.05, 0) is 19.8 Å². The Morgan fingerprint density at radius 3 is 2.71 bits per heavy atom. The third kappa shape index (κ3) is 1.65. The lowest BCUT2D eigenvalue weighted by atomic mass is 9.86. The zero-order valence-corrected chi connectivity index (χ0v) is 8.51. The molecule has 0 radical (unpaired) electrons. The number of imidazole rings is 1. The van der Waals surface area contributed by atoms with Crippen LogP contribution in [-0.2, 0) is 0 Å². The summed E-state index contributed by atoms with van der Waals surface area (Å²) in [6.45, 7) is 1.91. The van der Waals surface area contributed by atoms with Gasteiger partial charge in [-0.25, -0.2) is 4.98 Å². The summed E-state index contributed by atoms with van der Waals surface area (Å²) in [7, 11) is 0. The van der Waals surface area contributed by atoms with E-state index in [0.717, 1.165) is 11.5 Å². The third-order valence-corrected chi connectivity index (χ3v) is 2.97. The van der Waals surface area contributed by atoms with Gasteiger partial charge in [-0.3, -0.25) is 0 Å². The second-order valence-corrected chi connectivity index (χ2v) is 4.03. The van der Waals surface area contributed by atoms with Crippen molar-refractivity contribution in [3.05, 3.63) is 17.2 Å². The van der Waals surface area contributed by atoms with Crippen LogP contribution in [0.25, 0.3) is 0 Å². The van der Waals surface area contributed by atoms with E-state index in [-0.39, 0.29) is 0 Å². The molecule has 1 aromatic rings. The molecular weight excluding hydrogens is 174 g/mol. The molecule has 1 N–H and O–H groups in total. The summed E-state index contributed by atoms with van der Waals surface area (Å²) in [6.07, 6.45) is 6.32. The molecule has 74 valence electrons. The van der Waals surface area contributed by atoms with Gasteiger partial charge in [0.2, 0.25) is 0 Å². The minimum atomic E-state index is 0.541. The summed E-state index contributed by atoms with van der Waals surface area (Å²) in [5.41, 5.74) is 1.68. The van der Waals surface area contributed by atoms with Gasteiger partial charge in [-0.15, -0.1) is 0 Å². The molecule has 1 aromatic heterocycles. The molecule has 1 aliphatic carbocycles. The van der Waals surface area contributed by atoms with Gasteiger partial charge < -0.3 is 4.98 Å². The van der Waals surface area contributed by atoms with Crippen molar-refractivity contribution in [1.29, 1.82) is 5.26 Å². The van der Waals surface area contributed by atoms with Crippen LogP contribution in [0.5, 0.6) is 0 Å². The minimum absolute atomic E-state index is 0.541. The predicted molar refractivity (Wildman–Crippen MR) is 53.9 cm³/mol. The van der Waals surface area contributed by atoms with E-state index >= 15 is 0 Å². The van der Waals surface area contributed by atoms with Gasteiger partial charge in [0.25, 0.3) is 0 Å². The molecule has 1 aliphatic rings. The highest BCUT2D eigenvalue weighted by Crippen LogP contribution is 2.32. The summed E-state index contributed by atoms with van der Waals surface area (Å²) in [5, 5.41) is 8.93. The summed E-state index contributed by atoms with van der Waals surface area (Å²) < 4.78 is 0. The highest BCUT2D eigenvalue weighted by Gasteiger charge is 2.20. The van der Waals surface area contributed by atoms with Crippen molar-refractivity contribution in [2.45, 2.75) is 44.9 Å². The Bertz CT molecular complexity index is 353.